The van der Waals surface area contributed by atoms with E-state index in [1.807, 2.05) is 36.7 Å². The van der Waals surface area contributed by atoms with Gasteiger partial charge in [-0.3, -0.25) is 9.97 Å². The summed E-state index contributed by atoms with van der Waals surface area (Å²) >= 11 is 0. The van der Waals surface area contributed by atoms with Crippen molar-refractivity contribution in [2.24, 2.45) is 0 Å². The van der Waals surface area contributed by atoms with Gasteiger partial charge in [-0.15, -0.1) is 0 Å². The Morgan fingerprint density at radius 2 is 0.889 bits per heavy atom. The molecule has 2 nitrogen and oxygen atoms in total. The summed E-state index contributed by atoms with van der Waals surface area (Å²) in [6, 6.07) is 38.8. The molecule has 0 aliphatic heterocycles. The van der Waals surface area contributed by atoms with Gasteiger partial charge in [-0.1, -0.05) is 84.9 Å². The van der Waals surface area contributed by atoms with Gasteiger partial charge >= 0.3 is 0 Å². The summed E-state index contributed by atoms with van der Waals surface area (Å²) in [5.74, 6) is 0. The highest BCUT2D eigenvalue weighted by Crippen LogP contribution is 2.23. The van der Waals surface area contributed by atoms with Gasteiger partial charge in [-0.05, 0) is 80.2 Å². The lowest BCUT2D eigenvalue weighted by Crippen LogP contribution is -1.91. The zero-order valence-electron chi connectivity index (χ0n) is 20.0. The second kappa shape index (κ2) is 9.97. The first-order valence-electron chi connectivity index (χ1n) is 12.3. The fourth-order valence-electron chi connectivity index (χ4n) is 4.67. The summed E-state index contributed by atoms with van der Waals surface area (Å²) in [4.78, 5) is 8.90. The van der Waals surface area contributed by atoms with E-state index in [-0.39, 0.29) is 0 Å². The Balaban J connectivity index is 1.18. The van der Waals surface area contributed by atoms with Gasteiger partial charge in [0.15, 0.2) is 0 Å². The van der Waals surface area contributed by atoms with Gasteiger partial charge in [0.1, 0.15) is 0 Å². The molecular weight excluding hydrogens is 436 g/mol. The molecule has 6 aromatic rings. The Morgan fingerprint density at radius 1 is 0.444 bits per heavy atom. The monoisotopic (exact) mass is 462 g/mol. The smallest absolute Gasteiger partial charge is 0.0447 e. The van der Waals surface area contributed by atoms with Crippen LogP contribution in [0.25, 0.3) is 33.7 Å². The number of hydrogen-bond acceptors (Lipinski definition) is 2. The first-order valence-corrected chi connectivity index (χ1v) is 12.3. The molecule has 0 N–H and O–H groups in total. The predicted octanol–water partition coefficient (Wildman–Crippen LogP) is 8.14. The van der Waals surface area contributed by atoms with Crippen LogP contribution in [0.3, 0.4) is 0 Å². The predicted molar refractivity (Wildman–Crippen MR) is 151 cm³/mol. The third kappa shape index (κ3) is 5.08. The number of nitrogens with zero attached hydrogens (tertiary/aromatic N) is 2. The summed E-state index contributed by atoms with van der Waals surface area (Å²) in [6.07, 6.45) is 9.79. The molecule has 6 rings (SSSR count). The third-order valence-electron chi connectivity index (χ3n) is 6.55. The second-order valence-corrected chi connectivity index (χ2v) is 9.21. The average Bonchev–Trinajstić information content (AvgIpc) is 2.93. The van der Waals surface area contributed by atoms with Crippen molar-refractivity contribution in [3.8, 4) is 0 Å². The van der Waals surface area contributed by atoms with Crippen LogP contribution in [0.15, 0.2) is 122 Å². The average molecular weight is 463 g/mol. The zero-order chi connectivity index (χ0) is 24.2. The van der Waals surface area contributed by atoms with E-state index >= 15 is 0 Å². The van der Waals surface area contributed by atoms with Gasteiger partial charge in [-0.25, -0.2) is 0 Å². The van der Waals surface area contributed by atoms with Crippen LogP contribution in [-0.4, -0.2) is 9.97 Å². The van der Waals surface area contributed by atoms with Crippen LogP contribution in [0.5, 0.6) is 0 Å². The Hall–Kier alpha value is -4.56. The van der Waals surface area contributed by atoms with E-state index < -0.39 is 0 Å². The molecule has 4 aromatic carbocycles. The summed E-state index contributed by atoms with van der Waals surface area (Å²) in [5.41, 5.74) is 7.15. The largest absolute Gasteiger partial charge is 0.261 e. The molecule has 0 unspecified atom stereocenters. The molecule has 2 heteroatoms. The van der Waals surface area contributed by atoms with E-state index in [4.69, 9.17) is 0 Å². The molecule has 0 saturated carbocycles. The standard InChI is InChI=1S/C34H26N2/c1-3-17-35-33(5-1)23-27-11-15-29-19-25(9-13-31(29)21-27)7-8-26-10-14-32-22-28(12-16-30(32)20-26)24-34-6-2-4-18-36-34/h1-22H,23-24H2/b8-7+. The fraction of sp³-hybridized carbons (Fsp3) is 0.0588. The molecule has 0 aliphatic carbocycles. The van der Waals surface area contributed by atoms with Gasteiger partial charge in [0.05, 0.1) is 0 Å². The van der Waals surface area contributed by atoms with Gasteiger partial charge < -0.3 is 0 Å². The molecule has 0 atom stereocenters. The normalized spacial score (nSPS) is 11.4. The topological polar surface area (TPSA) is 25.8 Å². The van der Waals surface area contributed by atoms with Gasteiger partial charge in [-0.2, -0.15) is 0 Å². The summed E-state index contributed by atoms with van der Waals surface area (Å²) in [7, 11) is 0. The van der Waals surface area contributed by atoms with E-state index in [0.29, 0.717) is 0 Å². The minimum atomic E-state index is 0.852. The third-order valence-corrected chi connectivity index (χ3v) is 6.55. The van der Waals surface area contributed by atoms with Crippen LogP contribution in [-0.2, 0) is 12.8 Å². The van der Waals surface area contributed by atoms with Crippen LogP contribution < -0.4 is 0 Å². The lowest BCUT2D eigenvalue weighted by Gasteiger charge is -2.06. The fourth-order valence-corrected chi connectivity index (χ4v) is 4.67. The van der Waals surface area contributed by atoms with Crippen molar-refractivity contribution in [2.75, 3.05) is 0 Å². The Kier molecular flexibility index (Phi) is 6.08. The van der Waals surface area contributed by atoms with Crippen molar-refractivity contribution >= 4 is 33.7 Å². The van der Waals surface area contributed by atoms with Crippen LogP contribution >= 0.6 is 0 Å². The molecule has 0 radical (unpaired) electrons. The first kappa shape index (κ1) is 21.9. The van der Waals surface area contributed by atoms with Crippen molar-refractivity contribution in [1.82, 2.24) is 9.97 Å². The SMILES string of the molecule is C(=C\c1ccc2cc(Cc3ccccn3)ccc2c1)/c1ccc2cc(Cc3ccccn3)ccc2c1. The number of rotatable bonds is 6. The molecule has 36 heavy (non-hydrogen) atoms. The lowest BCUT2D eigenvalue weighted by molar-refractivity contribution is 1.08. The van der Waals surface area contributed by atoms with Gasteiger partial charge in [0.2, 0.25) is 0 Å². The minimum Gasteiger partial charge on any atom is -0.261 e. The highest BCUT2D eigenvalue weighted by atomic mass is 14.7. The molecule has 0 fully saturated rings. The van der Waals surface area contributed by atoms with E-state index in [1.165, 1.54) is 43.8 Å². The number of hydrogen-bond donors (Lipinski definition) is 0. The number of benzene rings is 4. The molecule has 2 aromatic heterocycles. The quantitative estimate of drug-likeness (QED) is 0.234. The molecule has 2 heterocycles. The van der Waals surface area contributed by atoms with Crippen molar-refractivity contribution in [2.45, 2.75) is 12.8 Å². The second-order valence-electron chi connectivity index (χ2n) is 9.21. The minimum absolute atomic E-state index is 0.852. The molecule has 172 valence electrons. The maximum atomic E-state index is 4.45. The van der Waals surface area contributed by atoms with Crippen molar-refractivity contribution in [3.63, 3.8) is 0 Å². The Labute approximate surface area is 211 Å². The zero-order valence-corrected chi connectivity index (χ0v) is 20.0. The Bertz CT molecular complexity index is 1540. The molecular formula is C34H26N2. The van der Waals surface area contributed by atoms with E-state index in [0.717, 1.165) is 24.2 Å². The van der Waals surface area contributed by atoms with E-state index in [1.54, 1.807) is 0 Å². The Morgan fingerprint density at radius 3 is 1.33 bits per heavy atom. The van der Waals surface area contributed by atoms with Crippen LogP contribution in [0.1, 0.15) is 33.6 Å². The highest BCUT2D eigenvalue weighted by Gasteiger charge is 2.02. The lowest BCUT2D eigenvalue weighted by atomic mass is 10.00. The van der Waals surface area contributed by atoms with Crippen molar-refractivity contribution in [3.05, 3.63) is 155 Å². The first-order chi connectivity index (χ1) is 17.8. The summed E-state index contributed by atoms with van der Waals surface area (Å²) in [6.45, 7) is 0. The van der Waals surface area contributed by atoms with Crippen LogP contribution in [0.4, 0.5) is 0 Å². The summed E-state index contributed by atoms with van der Waals surface area (Å²) < 4.78 is 0. The summed E-state index contributed by atoms with van der Waals surface area (Å²) in [5, 5.41) is 5.02. The molecule has 0 bridgehead atoms. The van der Waals surface area contributed by atoms with E-state index in [9.17, 15) is 0 Å². The van der Waals surface area contributed by atoms with Crippen molar-refractivity contribution in [1.29, 1.82) is 0 Å². The maximum Gasteiger partial charge on any atom is 0.0447 e. The van der Waals surface area contributed by atoms with Gasteiger partial charge in [0, 0.05) is 36.6 Å². The molecule has 0 spiro atoms. The van der Waals surface area contributed by atoms with Crippen molar-refractivity contribution < 1.29 is 0 Å². The number of pyridine rings is 2. The molecule has 0 aliphatic rings. The molecule has 0 amide bonds. The number of fused-ring (bicyclic) bond motifs is 2. The van der Waals surface area contributed by atoms with Gasteiger partial charge in [0.25, 0.3) is 0 Å². The molecule has 0 saturated heterocycles. The highest BCUT2D eigenvalue weighted by molar-refractivity contribution is 5.89. The van der Waals surface area contributed by atoms with Crippen LogP contribution in [0, 0.1) is 0 Å². The van der Waals surface area contributed by atoms with E-state index in [2.05, 4.69) is 107 Å². The van der Waals surface area contributed by atoms with Crippen LogP contribution in [0.2, 0.25) is 0 Å². The number of aromatic nitrogens is 2. The maximum absolute atomic E-state index is 4.45.